The van der Waals surface area contributed by atoms with Crippen molar-refractivity contribution < 1.29 is 4.79 Å². The number of carbonyl (C=O) groups excluding carboxylic acids is 1. The van der Waals surface area contributed by atoms with Gasteiger partial charge < -0.3 is 5.32 Å². The molecule has 2 N–H and O–H groups in total. The van der Waals surface area contributed by atoms with E-state index in [9.17, 15) is 4.79 Å². The Labute approximate surface area is 127 Å². The van der Waals surface area contributed by atoms with Gasteiger partial charge >= 0.3 is 0 Å². The van der Waals surface area contributed by atoms with Gasteiger partial charge in [-0.1, -0.05) is 33.2 Å². The van der Waals surface area contributed by atoms with E-state index in [0.717, 1.165) is 9.48 Å². The lowest BCUT2D eigenvalue weighted by Gasteiger charge is -2.04. The van der Waals surface area contributed by atoms with Crippen LogP contribution in [0.2, 0.25) is 0 Å². The molecule has 2 aromatic rings. The lowest BCUT2D eigenvalue weighted by molar-refractivity contribution is 0.0950. The molecule has 0 spiro atoms. The highest BCUT2D eigenvalue weighted by Crippen LogP contribution is 2.15. The second-order valence-electron chi connectivity index (χ2n) is 3.56. The number of hydrogen-bond acceptors (Lipinski definition) is 4. The number of nitrogens with zero attached hydrogens (tertiary/aromatic N) is 1. The highest BCUT2D eigenvalue weighted by molar-refractivity contribution is 9.10. The Morgan fingerprint density at radius 2 is 2.37 bits per heavy atom. The molecule has 0 atom stereocenters. The van der Waals surface area contributed by atoms with E-state index in [1.54, 1.807) is 18.2 Å². The van der Waals surface area contributed by atoms with Crippen LogP contribution in [0.1, 0.15) is 20.9 Å². The number of halogens is 1. The minimum atomic E-state index is -0.209. The molecular weight excluding hydrogens is 346 g/mol. The summed E-state index contributed by atoms with van der Waals surface area (Å²) in [6.07, 6.45) is 5.33. The molecule has 1 heterocycles. The first-order valence-corrected chi connectivity index (χ1v) is 7.20. The van der Waals surface area contributed by atoms with Crippen LogP contribution in [0.5, 0.6) is 0 Å². The molecule has 0 saturated carbocycles. The lowest BCUT2D eigenvalue weighted by atomic mass is 10.1. The van der Waals surface area contributed by atoms with E-state index >= 15 is 0 Å². The second kappa shape index (κ2) is 6.10. The molecule has 0 unspecified atom stereocenters. The third-order valence-electron chi connectivity index (χ3n) is 2.21. The van der Waals surface area contributed by atoms with Gasteiger partial charge in [0.15, 0.2) is 3.95 Å². The van der Waals surface area contributed by atoms with Gasteiger partial charge in [-0.2, -0.15) is 5.10 Å². The number of hydrogen-bond donors (Lipinski definition) is 2. The Morgan fingerprint density at radius 1 is 1.58 bits per heavy atom. The molecule has 19 heavy (non-hydrogen) atoms. The molecule has 2 rings (SSSR count). The van der Waals surface area contributed by atoms with Crippen LogP contribution in [-0.2, 0) is 6.54 Å². The maximum Gasteiger partial charge on any atom is 0.251 e. The molecular formula is C12H8BrN3OS2. The number of benzene rings is 1. The minimum Gasteiger partial charge on any atom is -0.345 e. The van der Waals surface area contributed by atoms with Gasteiger partial charge in [-0.15, -0.1) is 6.42 Å². The average Bonchev–Trinajstić information content (AvgIpc) is 2.81. The number of nitrogens with one attached hydrogen (secondary N) is 2. The van der Waals surface area contributed by atoms with Crippen molar-refractivity contribution in [3.8, 4) is 12.3 Å². The van der Waals surface area contributed by atoms with E-state index < -0.39 is 0 Å². The van der Waals surface area contributed by atoms with Crippen molar-refractivity contribution in [3.05, 3.63) is 42.8 Å². The molecule has 0 saturated heterocycles. The average molecular weight is 354 g/mol. The maximum atomic E-state index is 12.0. The molecule has 0 bridgehead atoms. The van der Waals surface area contributed by atoms with Gasteiger partial charge in [0.25, 0.3) is 5.91 Å². The van der Waals surface area contributed by atoms with Gasteiger partial charge in [0.1, 0.15) is 5.01 Å². The summed E-state index contributed by atoms with van der Waals surface area (Å²) in [6.45, 7) is 0.328. The number of rotatable bonds is 3. The largest absolute Gasteiger partial charge is 0.345 e. The third-order valence-corrected chi connectivity index (χ3v) is 3.76. The van der Waals surface area contributed by atoms with E-state index in [0.29, 0.717) is 21.6 Å². The maximum absolute atomic E-state index is 12.0. The zero-order valence-corrected chi connectivity index (χ0v) is 12.8. The van der Waals surface area contributed by atoms with Crippen LogP contribution in [0, 0.1) is 16.3 Å². The highest BCUT2D eigenvalue weighted by atomic mass is 79.9. The van der Waals surface area contributed by atoms with Crippen LogP contribution in [0.3, 0.4) is 0 Å². The fourth-order valence-corrected chi connectivity index (χ4v) is 2.77. The topological polar surface area (TPSA) is 57.8 Å². The fourth-order valence-electron chi connectivity index (χ4n) is 1.40. The number of aromatic nitrogens is 2. The predicted molar refractivity (Wildman–Crippen MR) is 80.5 cm³/mol. The van der Waals surface area contributed by atoms with Crippen LogP contribution in [-0.4, -0.2) is 16.1 Å². The number of aromatic amines is 1. The van der Waals surface area contributed by atoms with Crippen LogP contribution in [0.15, 0.2) is 22.7 Å². The van der Waals surface area contributed by atoms with Crippen molar-refractivity contribution in [2.45, 2.75) is 6.54 Å². The summed E-state index contributed by atoms with van der Waals surface area (Å²) in [7, 11) is 0. The lowest BCUT2D eigenvalue weighted by Crippen LogP contribution is -2.22. The van der Waals surface area contributed by atoms with Crippen molar-refractivity contribution in [1.29, 1.82) is 0 Å². The zero-order valence-electron chi connectivity index (χ0n) is 9.57. The molecule has 1 aromatic heterocycles. The van der Waals surface area contributed by atoms with Crippen molar-refractivity contribution >= 4 is 45.4 Å². The number of carbonyl (C=O) groups is 1. The molecule has 0 aliphatic heterocycles. The Bertz CT molecular complexity index is 714. The summed E-state index contributed by atoms with van der Waals surface area (Å²) in [5.74, 6) is 2.29. The number of H-pyrrole nitrogens is 1. The fraction of sp³-hybridized carbons (Fsp3) is 0.0833. The van der Waals surface area contributed by atoms with E-state index in [4.69, 9.17) is 18.6 Å². The smallest absolute Gasteiger partial charge is 0.251 e. The summed E-state index contributed by atoms with van der Waals surface area (Å²) in [4.78, 5) is 12.0. The van der Waals surface area contributed by atoms with Gasteiger partial charge in [0, 0.05) is 15.6 Å². The van der Waals surface area contributed by atoms with Gasteiger partial charge in [0.05, 0.1) is 6.54 Å². The Balaban J connectivity index is 2.10. The summed E-state index contributed by atoms with van der Waals surface area (Å²) < 4.78 is 1.35. The monoisotopic (exact) mass is 353 g/mol. The SMILES string of the molecule is C#Cc1cc(Br)cc(C(=O)NCc2n[nH]c(=S)s2)c1. The van der Waals surface area contributed by atoms with E-state index in [1.165, 1.54) is 11.3 Å². The van der Waals surface area contributed by atoms with Crippen LogP contribution < -0.4 is 5.32 Å². The van der Waals surface area contributed by atoms with E-state index in [1.807, 2.05) is 0 Å². The number of amides is 1. The molecule has 0 aliphatic carbocycles. The van der Waals surface area contributed by atoms with Gasteiger partial charge in [-0.3, -0.25) is 9.89 Å². The van der Waals surface area contributed by atoms with Gasteiger partial charge in [0.2, 0.25) is 0 Å². The first-order chi connectivity index (χ1) is 9.08. The molecule has 0 fully saturated rings. The summed E-state index contributed by atoms with van der Waals surface area (Å²) in [6, 6.07) is 5.14. The number of terminal acetylenes is 1. The van der Waals surface area contributed by atoms with Crippen molar-refractivity contribution in [1.82, 2.24) is 15.5 Å². The summed E-state index contributed by atoms with van der Waals surface area (Å²) in [5.41, 5.74) is 1.15. The Hall–Kier alpha value is -1.49. The van der Waals surface area contributed by atoms with Crippen LogP contribution in [0.25, 0.3) is 0 Å². The first-order valence-electron chi connectivity index (χ1n) is 5.18. The standard InChI is InChI=1S/C12H8BrN3OS2/c1-2-7-3-8(5-9(13)4-7)11(17)14-6-10-15-16-12(18)19-10/h1,3-5H,6H2,(H,14,17)(H,16,18). The predicted octanol–water partition coefficient (Wildman–Crippen LogP) is 2.87. The quantitative estimate of drug-likeness (QED) is 0.658. The summed E-state index contributed by atoms with van der Waals surface area (Å²) >= 11 is 9.56. The molecule has 1 aromatic carbocycles. The van der Waals surface area contributed by atoms with Crippen molar-refractivity contribution in [3.63, 3.8) is 0 Å². The highest BCUT2D eigenvalue weighted by Gasteiger charge is 2.08. The normalized spacial score (nSPS) is 9.89. The summed E-state index contributed by atoms with van der Waals surface area (Å²) in [5, 5.41) is 10.1. The zero-order chi connectivity index (χ0) is 13.8. The van der Waals surface area contributed by atoms with Crippen LogP contribution in [0.4, 0.5) is 0 Å². The van der Waals surface area contributed by atoms with Crippen molar-refractivity contribution in [2.24, 2.45) is 0 Å². The third kappa shape index (κ3) is 3.73. The van der Waals surface area contributed by atoms with Crippen molar-refractivity contribution in [2.75, 3.05) is 0 Å². The molecule has 96 valence electrons. The second-order valence-corrected chi connectivity index (χ2v) is 6.23. The van der Waals surface area contributed by atoms with Gasteiger partial charge in [-0.25, -0.2) is 0 Å². The first kappa shape index (κ1) is 13.9. The van der Waals surface area contributed by atoms with Crippen LogP contribution >= 0.6 is 39.5 Å². The molecule has 1 amide bonds. The molecule has 7 heteroatoms. The molecule has 0 aliphatic rings. The Morgan fingerprint density at radius 3 is 3.00 bits per heavy atom. The minimum absolute atomic E-state index is 0.209. The van der Waals surface area contributed by atoms with E-state index in [2.05, 4.69) is 37.4 Å². The van der Waals surface area contributed by atoms with E-state index in [-0.39, 0.29) is 5.91 Å². The van der Waals surface area contributed by atoms with Gasteiger partial charge in [-0.05, 0) is 30.4 Å². The molecule has 4 nitrogen and oxygen atoms in total. The molecule has 0 radical (unpaired) electrons. The Kier molecular flexibility index (Phi) is 4.47.